The van der Waals surface area contributed by atoms with E-state index in [0.29, 0.717) is 6.42 Å². The highest BCUT2D eigenvalue weighted by molar-refractivity contribution is 7.98. The molecule has 4 aliphatic rings. The molecule has 1 aromatic heterocycles. The molecule has 4 bridgehead atoms. The molecule has 22 heavy (non-hydrogen) atoms. The average Bonchev–Trinajstić information content (AvgIpc) is 2.77. The molecule has 0 saturated heterocycles. The van der Waals surface area contributed by atoms with E-state index in [9.17, 15) is 4.79 Å². The quantitative estimate of drug-likeness (QED) is 0.867. The first-order valence-corrected chi connectivity index (χ1v) is 9.55. The number of amides is 1. The Kier molecular flexibility index (Phi) is 3.47. The number of carbonyl (C=O) groups is 1. The van der Waals surface area contributed by atoms with E-state index in [2.05, 4.69) is 15.6 Å². The standard InChI is InChI=1S/C16H24N4OS/c1-10-17-18-15(22-2)20(10)19-14(21)9-16-6-11-3-12(7-16)5-13(4-11)8-16/h11-13H,3-9H2,1-2H3,(H,19,21). The van der Waals surface area contributed by atoms with Crippen molar-refractivity contribution >= 4 is 17.7 Å². The van der Waals surface area contributed by atoms with Crippen LogP contribution in [0.3, 0.4) is 0 Å². The van der Waals surface area contributed by atoms with Crippen molar-refractivity contribution in [2.45, 2.75) is 57.0 Å². The summed E-state index contributed by atoms with van der Waals surface area (Å²) < 4.78 is 1.73. The number of nitrogens with one attached hydrogen (secondary N) is 1. The van der Waals surface area contributed by atoms with Crippen LogP contribution in [0, 0.1) is 30.1 Å². The average molecular weight is 320 g/mol. The molecular weight excluding hydrogens is 296 g/mol. The first-order chi connectivity index (χ1) is 10.6. The zero-order valence-corrected chi connectivity index (χ0v) is 14.2. The maximum Gasteiger partial charge on any atom is 0.239 e. The SMILES string of the molecule is CSc1nnc(C)n1NC(=O)CC12CC3CC(CC(C3)C1)C2. The number of hydrogen-bond acceptors (Lipinski definition) is 4. The van der Waals surface area contributed by atoms with Crippen LogP contribution >= 0.6 is 11.8 Å². The third-order valence-electron chi connectivity index (χ3n) is 5.91. The lowest BCUT2D eigenvalue weighted by molar-refractivity contribution is -0.125. The fourth-order valence-corrected chi connectivity index (χ4v) is 6.10. The van der Waals surface area contributed by atoms with Crippen molar-refractivity contribution < 1.29 is 4.79 Å². The van der Waals surface area contributed by atoms with Gasteiger partial charge < -0.3 is 0 Å². The Morgan fingerprint density at radius 2 is 1.82 bits per heavy atom. The Hall–Kier alpha value is -1.04. The lowest BCUT2D eigenvalue weighted by Gasteiger charge is -2.56. The summed E-state index contributed by atoms with van der Waals surface area (Å²) in [5, 5.41) is 8.87. The fourth-order valence-electron chi connectivity index (χ4n) is 5.62. The van der Waals surface area contributed by atoms with E-state index < -0.39 is 0 Å². The zero-order chi connectivity index (χ0) is 15.3. The number of aromatic nitrogens is 3. The number of nitrogens with zero attached hydrogens (tertiary/aromatic N) is 3. The van der Waals surface area contributed by atoms with Crippen LogP contribution in [0.2, 0.25) is 0 Å². The first-order valence-electron chi connectivity index (χ1n) is 8.33. The van der Waals surface area contributed by atoms with Gasteiger partial charge in [-0.2, -0.15) is 0 Å². The summed E-state index contributed by atoms with van der Waals surface area (Å²) in [6.07, 6.45) is 10.7. The normalized spacial score (nSPS) is 35.8. The van der Waals surface area contributed by atoms with Crippen LogP contribution in [0.25, 0.3) is 0 Å². The minimum absolute atomic E-state index is 0.125. The Morgan fingerprint density at radius 3 is 2.36 bits per heavy atom. The number of rotatable bonds is 4. The van der Waals surface area contributed by atoms with E-state index in [1.54, 1.807) is 4.68 Å². The smallest absolute Gasteiger partial charge is 0.239 e. The number of carbonyl (C=O) groups excluding carboxylic acids is 1. The summed E-state index contributed by atoms with van der Waals surface area (Å²) in [5.41, 5.74) is 3.29. The van der Waals surface area contributed by atoms with E-state index >= 15 is 0 Å². The molecule has 0 radical (unpaired) electrons. The number of thioether (sulfide) groups is 1. The first kappa shape index (κ1) is 14.5. The van der Waals surface area contributed by atoms with Crippen molar-refractivity contribution in [1.29, 1.82) is 0 Å². The van der Waals surface area contributed by atoms with Gasteiger partial charge >= 0.3 is 0 Å². The molecule has 4 aliphatic carbocycles. The van der Waals surface area contributed by atoms with Crippen LogP contribution in [-0.2, 0) is 4.79 Å². The fraction of sp³-hybridized carbons (Fsp3) is 0.812. The predicted octanol–water partition coefficient (Wildman–Crippen LogP) is 2.99. The second-order valence-corrected chi connectivity index (χ2v) is 8.47. The van der Waals surface area contributed by atoms with Crippen molar-refractivity contribution in [3.8, 4) is 0 Å². The van der Waals surface area contributed by atoms with Gasteiger partial charge in [-0.05, 0) is 74.9 Å². The van der Waals surface area contributed by atoms with E-state index in [-0.39, 0.29) is 11.3 Å². The topological polar surface area (TPSA) is 59.8 Å². The molecule has 0 aliphatic heterocycles. The van der Waals surface area contributed by atoms with E-state index in [0.717, 1.165) is 28.7 Å². The zero-order valence-electron chi connectivity index (χ0n) is 13.3. The van der Waals surface area contributed by atoms with Gasteiger partial charge in [0, 0.05) is 6.42 Å². The molecule has 0 unspecified atom stereocenters. The molecule has 5 nitrogen and oxygen atoms in total. The van der Waals surface area contributed by atoms with E-state index in [1.807, 2.05) is 13.2 Å². The van der Waals surface area contributed by atoms with Gasteiger partial charge in [-0.25, -0.2) is 4.68 Å². The minimum atomic E-state index is 0.125. The second kappa shape index (κ2) is 5.25. The van der Waals surface area contributed by atoms with Gasteiger partial charge in [-0.15, -0.1) is 10.2 Å². The van der Waals surface area contributed by atoms with Crippen molar-refractivity contribution in [3.05, 3.63) is 5.82 Å². The van der Waals surface area contributed by atoms with Gasteiger partial charge in [0.1, 0.15) is 5.82 Å². The molecule has 1 heterocycles. The molecule has 0 atom stereocenters. The van der Waals surface area contributed by atoms with Crippen LogP contribution in [0.4, 0.5) is 0 Å². The molecule has 5 rings (SSSR count). The van der Waals surface area contributed by atoms with Gasteiger partial charge in [0.05, 0.1) is 0 Å². The lowest BCUT2D eigenvalue weighted by Crippen LogP contribution is -2.47. The van der Waals surface area contributed by atoms with Crippen molar-refractivity contribution in [2.75, 3.05) is 11.7 Å². The van der Waals surface area contributed by atoms with Gasteiger partial charge in [-0.1, -0.05) is 11.8 Å². The summed E-state index contributed by atoms with van der Waals surface area (Å²) >= 11 is 1.50. The Balaban J connectivity index is 1.47. The van der Waals surface area contributed by atoms with Crippen LogP contribution in [0.1, 0.15) is 50.8 Å². The molecule has 1 amide bonds. The molecule has 4 saturated carbocycles. The minimum Gasteiger partial charge on any atom is -0.273 e. The summed E-state index contributed by atoms with van der Waals surface area (Å²) in [5.74, 6) is 3.52. The Bertz CT molecular complexity index is 562. The number of aryl methyl sites for hydroxylation is 1. The third-order valence-corrected chi connectivity index (χ3v) is 6.54. The van der Waals surface area contributed by atoms with Crippen LogP contribution in [0.15, 0.2) is 5.16 Å². The monoisotopic (exact) mass is 320 g/mol. The van der Waals surface area contributed by atoms with Crippen molar-refractivity contribution in [1.82, 2.24) is 14.9 Å². The maximum atomic E-state index is 12.6. The van der Waals surface area contributed by atoms with Crippen molar-refractivity contribution in [2.24, 2.45) is 23.2 Å². The third kappa shape index (κ3) is 2.45. The Labute approximate surface area is 135 Å². The van der Waals surface area contributed by atoms with Crippen molar-refractivity contribution in [3.63, 3.8) is 0 Å². The van der Waals surface area contributed by atoms with Gasteiger partial charge in [0.15, 0.2) is 0 Å². The molecule has 0 aromatic carbocycles. The Morgan fingerprint density at radius 1 is 1.23 bits per heavy atom. The van der Waals surface area contributed by atoms with E-state index in [1.165, 1.54) is 50.3 Å². The predicted molar refractivity (Wildman–Crippen MR) is 86.1 cm³/mol. The summed E-state index contributed by atoms with van der Waals surface area (Å²) in [6, 6.07) is 0. The lowest BCUT2D eigenvalue weighted by atomic mass is 9.49. The van der Waals surface area contributed by atoms with E-state index in [4.69, 9.17) is 0 Å². The largest absolute Gasteiger partial charge is 0.273 e. The van der Waals surface area contributed by atoms with Gasteiger partial charge in [0.2, 0.25) is 11.1 Å². The highest BCUT2D eigenvalue weighted by Crippen LogP contribution is 2.61. The molecule has 4 fully saturated rings. The molecule has 120 valence electrons. The molecule has 1 aromatic rings. The molecule has 1 N–H and O–H groups in total. The summed E-state index contributed by atoms with van der Waals surface area (Å²) in [7, 11) is 0. The maximum absolute atomic E-state index is 12.6. The van der Waals surface area contributed by atoms with Crippen LogP contribution in [-0.4, -0.2) is 27.0 Å². The number of hydrogen-bond donors (Lipinski definition) is 1. The van der Waals surface area contributed by atoms with Gasteiger partial charge in [-0.3, -0.25) is 10.2 Å². The molecule has 0 spiro atoms. The van der Waals surface area contributed by atoms with Crippen LogP contribution in [0.5, 0.6) is 0 Å². The van der Waals surface area contributed by atoms with Crippen LogP contribution < -0.4 is 5.43 Å². The highest BCUT2D eigenvalue weighted by atomic mass is 32.2. The summed E-state index contributed by atoms with van der Waals surface area (Å²) in [6.45, 7) is 1.87. The van der Waals surface area contributed by atoms with Gasteiger partial charge in [0.25, 0.3) is 0 Å². The second-order valence-electron chi connectivity index (χ2n) is 7.70. The summed E-state index contributed by atoms with van der Waals surface area (Å²) in [4.78, 5) is 12.6. The molecular formula is C16H24N4OS. The highest BCUT2D eigenvalue weighted by Gasteiger charge is 2.51. The molecule has 6 heteroatoms.